The molecule has 0 fully saturated rings. The maximum Gasteiger partial charge on any atom is 0.236 e. The lowest BCUT2D eigenvalue weighted by atomic mass is 10.2. The molecule has 0 radical (unpaired) electrons. The summed E-state index contributed by atoms with van der Waals surface area (Å²) in [6.45, 7) is 1.84. The number of hydrogen-bond acceptors (Lipinski definition) is 3. The molecule has 2 aromatic carbocycles. The smallest absolute Gasteiger partial charge is 0.236 e. The summed E-state index contributed by atoms with van der Waals surface area (Å²) in [6, 6.07) is 13.9. The van der Waals surface area contributed by atoms with Crippen molar-refractivity contribution in [1.29, 1.82) is 5.26 Å². The zero-order valence-corrected chi connectivity index (χ0v) is 13.7. The Kier molecular flexibility index (Phi) is 4.66. The number of sulfonamides is 1. The first-order chi connectivity index (χ1) is 9.89. The Hall–Kier alpha value is -1.84. The first-order valence-electron chi connectivity index (χ1n) is 6.15. The first kappa shape index (κ1) is 15.5. The third kappa shape index (κ3) is 4.31. The number of benzene rings is 2. The van der Waals surface area contributed by atoms with Crippen molar-refractivity contribution >= 4 is 31.6 Å². The second kappa shape index (κ2) is 6.29. The molecule has 0 atom stereocenters. The number of aryl methyl sites for hydroxylation is 1. The number of nitrogens with one attached hydrogen (secondary N) is 1. The average molecular weight is 365 g/mol. The lowest BCUT2D eigenvalue weighted by Crippen LogP contribution is -2.15. The third-order valence-corrected chi connectivity index (χ3v) is 4.63. The molecule has 0 saturated heterocycles. The first-order valence-corrected chi connectivity index (χ1v) is 8.60. The number of nitrogens with zero attached hydrogens (tertiary/aromatic N) is 1. The molecule has 0 unspecified atom stereocenters. The Bertz CT molecular complexity index is 793. The van der Waals surface area contributed by atoms with E-state index in [0.717, 1.165) is 10.0 Å². The SMILES string of the molecule is Cc1cc(Br)ccc1NS(=O)(=O)Cc1ccc(C#N)cc1. The van der Waals surface area contributed by atoms with Crippen molar-refractivity contribution in [3.05, 3.63) is 63.6 Å². The summed E-state index contributed by atoms with van der Waals surface area (Å²) in [7, 11) is -3.49. The van der Waals surface area contributed by atoms with Crippen LogP contribution in [0.5, 0.6) is 0 Å². The van der Waals surface area contributed by atoms with Crippen molar-refractivity contribution in [1.82, 2.24) is 0 Å². The van der Waals surface area contributed by atoms with E-state index >= 15 is 0 Å². The molecule has 108 valence electrons. The summed E-state index contributed by atoms with van der Waals surface area (Å²) in [4.78, 5) is 0. The average Bonchev–Trinajstić information content (AvgIpc) is 2.42. The fourth-order valence-electron chi connectivity index (χ4n) is 1.84. The molecule has 0 bridgehead atoms. The van der Waals surface area contributed by atoms with Gasteiger partial charge < -0.3 is 0 Å². The molecule has 0 aliphatic heterocycles. The van der Waals surface area contributed by atoms with E-state index in [4.69, 9.17) is 5.26 Å². The summed E-state index contributed by atoms with van der Waals surface area (Å²) < 4.78 is 27.8. The van der Waals surface area contributed by atoms with Crippen LogP contribution in [-0.2, 0) is 15.8 Å². The van der Waals surface area contributed by atoms with Gasteiger partial charge in [0.25, 0.3) is 0 Å². The molecule has 0 heterocycles. The summed E-state index contributed by atoms with van der Waals surface area (Å²) >= 11 is 3.34. The van der Waals surface area contributed by atoms with Gasteiger partial charge in [-0.05, 0) is 48.4 Å². The number of anilines is 1. The molecular weight excluding hydrogens is 352 g/mol. The van der Waals surface area contributed by atoms with Gasteiger partial charge >= 0.3 is 0 Å². The lowest BCUT2D eigenvalue weighted by Gasteiger charge is -2.11. The van der Waals surface area contributed by atoms with Crippen molar-refractivity contribution in [2.75, 3.05) is 4.72 Å². The Morgan fingerprint density at radius 3 is 2.43 bits per heavy atom. The van der Waals surface area contributed by atoms with E-state index in [-0.39, 0.29) is 5.75 Å². The summed E-state index contributed by atoms with van der Waals surface area (Å²) in [5.74, 6) is -0.131. The van der Waals surface area contributed by atoms with Crippen LogP contribution >= 0.6 is 15.9 Å². The topological polar surface area (TPSA) is 70.0 Å². The van der Waals surface area contributed by atoms with Gasteiger partial charge in [-0.15, -0.1) is 0 Å². The van der Waals surface area contributed by atoms with Crippen LogP contribution < -0.4 is 4.72 Å². The zero-order chi connectivity index (χ0) is 15.5. The van der Waals surface area contributed by atoms with E-state index in [9.17, 15) is 8.42 Å². The van der Waals surface area contributed by atoms with Gasteiger partial charge in [0.15, 0.2) is 0 Å². The maximum absolute atomic E-state index is 12.2. The van der Waals surface area contributed by atoms with Crippen molar-refractivity contribution in [3.63, 3.8) is 0 Å². The Labute approximate surface area is 132 Å². The highest BCUT2D eigenvalue weighted by Crippen LogP contribution is 2.22. The summed E-state index contributed by atoms with van der Waals surface area (Å²) in [6.07, 6.45) is 0. The molecule has 21 heavy (non-hydrogen) atoms. The van der Waals surface area contributed by atoms with Crippen LogP contribution in [0.25, 0.3) is 0 Å². The highest BCUT2D eigenvalue weighted by molar-refractivity contribution is 9.10. The summed E-state index contributed by atoms with van der Waals surface area (Å²) in [5, 5.41) is 8.72. The van der Waals surface area contributed by atoms with Crippen LogP contribution in [0, 0.1) is 18.3 Å². The monoisotopic (exact) mass is 364 g/mol. The molecule has 2 aromatic rings. The third-order valence-electron chi connectivity index (χ3n) is 2.89. The molecule has 0 aromatic heterocycles. The summed E-state index contributed by atoms with van der Waals surface area (Å²) in [5.41, 5.74) is 2.55. The van der Waals surface area contributed by atoms with Crippen LogP contribution in [0.15, 0.2) is 46.9 Å². The quantitative estimate of drug-likeness (QED) is 0.901. The molecular formula is C15H13BrN2O2S. The van der Waals surface area contributed by atoms with E-state index < -0.39 is 10.0 Å². The number of rotatable bonds is 4. The number of nitriles is 1. The predicted molar refractivity (Wildman–Crippen MR) is 86.3 cm³/mol. The number of halogens is 1. The van der Waals surface area contributed by atoms with Crippen LogP contribution in [0.3, 0.4) is 0 Å². The highest BCUT2D eigenvalue weighted by Gasteiger charge is 2.13. The van der Waals surface area contributed by atoms with Gasteiger partial charge in [0.2, 0.25) is 10.0 Å². The fraction of sp³-hybridized carbons (Fsp3) is 0.133. The van der Waals surface area contributed by atoms with Crippen molar-refractivity contribution < 1.29 is 8.42 Å². The molecule has 4 nitrogen and oxygen atoms in total. The molecule has 0 spiro atoms. The highest BCUT2D eigenvalue weighted by atomic mass is 79.9. The van der Waals surface area contributed by atoms with E-state index in [2.05, 4.69) is 20.7 Å². The Morgan fingerprint density at radius 1 is 1.19 bits per heavy atom. The molecule has 0 aliphatic carbocycles. The zero-order valence-electron chi connectivity index (χ0n) is 11.3. The fourth-order valence-corrected chi connectivity index (χ4v) is 3.58. The van der Waals surface area contributed by atoms with Gasteiger partial charge in [0, 0.05) is 4.47 Å². The van der Waals surface area contributed by atoms with Crippen LogP contribution in [0.1, 0.15) is 16.7 Å². The predicted octanol–water partition coefficient (Wildman–Crippen LogP) is 3.57. The molecule has 0 saturated carbocycles. The Balaban J connectivity index is 2.16. The van der Waals surface area contributed by atoms with E-state index in [0.29, 0.717) is 16.8 Å². The second-order valence-electron chi connectivity index (χ2n) is 4.63. The van der Waals surface area contributed by atoms with Crippen molar-refractivity contribution in [3.8, 4) is 6.07 Å². The van der Waals surface area contributed by atoms with Gasteiger partial charge in [0.05, 0.1) is 23.1 Å². The molecule has 2 rings (SSSR count). The van der Waals surface area contributed by atoms with Gasteiger partial charge in [-0.1, -0.05) is 28.1 Å². The van der Waals surface area contributed by atoms with Crippen molar-refractivity contribution in [2.45, 2.75) is 12.7 Å². The Morgan fingerprint density at radius 2 is 1.86 bits per heavy atom. The lowest BCUT2D eigenvalue weighted by molar-refractivity contribution is 0.600. The molecule has 0 amide bonds. The molecule has 6 heteroatoms. The van der Waals surface area contributed by atoms with E-state index in [1.54, 1.807) is 36.4 Å². The van der Waals surface area contributed by atoms with E-state index in [1.807, 2.05) is 19.1 Å². The van der Waals surface area contributed by atoms with Crippen LogP contribution in [-0.4, -0.2) is 8.42 Å². The van der Waals surface area contributed by atoms with Crippen molar-refractivity contribution in [2.24, 2.45) is 0 Å². The van der Waals surface area contributed by atoms with Gasteiger partial charge in [-0.25, -0.2) is 8.42 Å². The van der Waals surface area contributed by atoms with Crippen LogP contribution in [0.4, 0.5) is 5.69 Å². The largest absolute Gasteiger partial charge is 0.283 e. The number of hydrogen-bond donors (Lipinski definition) is 1. The molecule has 1 N–H and O–H groups in total. The second-order valence-corrected chi connectivity index (χ2v) is 7.27. The standard InChI is InChI=1S/C15H13BrN2O2S/c1-11-8-14(16)6-7-15(11)18-21(19,20)10-13-4-2-12(9-17)3-5-13/h2-8,18H,10H2,1H3. The van der Waals surface area contributed by atoms with E-state index in [1.165, 1.54) is 0 Å². The minimum atomic E-state index is -3.49. The minimum absolute atomic E-state index is 0.131. The maximum atomic E-state index is 12.2. The van der Waals surface area contributed by atoms with Crippen LogP contribution in [0.2, 0.25) is 0 Å². The van der Waals surface area contributed by atoms with Gasteiger partial charge in [-0.2, -0.15) is 5.26 Å². The van der Waals surface area contributed by atoms with Gasteiger partial charge in [0.1, 0.15) is 0 Å². The minimum Gasteiger partial charge on any atom is -0.283 e. The van der Waals surface area contributed by atoms with Gasteiger partial charge in [-0.3, -0.25) is 4.72 Å². The normalized spacial score (nSPS) is 10.9. The molecule has 0 aliphatic rings.